The van der Waals surface area contributed by atoms with Gasteiger partial charge < -0.3 is 5.73 Å². The first-order valence-electron chi connectivity index (χ1n) is 5.41. The van der Waals surface area contributed by atoms with E-state index in [0.717, 1.165) is 11.1 Å². The highest BCUT2D eigenvalue weighted by molar-refractivity contribution is 5.74. The molecule has 5 nitrogen and oxygen atoms in total. The Morgan fingerprint density at radius 2 is 2.24 bits per heavy atom. The second-order valence-corrected chi connectivity index (χ2v) is 3.81. The largest absolute Gasteiger partial charge is 0.398 e. The number of halogens is 1. The average molecular weight is 235 g/mol. The minimum atomic E-state index is -0.386. The molecule has 0 radical (unpaired) electrons. The zero-order valence-corrected chi connectivity index (χ0v) is 9.60. The van der Waals surface area contributed by atoms with Crippen LogP contribution in [0, 0.1) is 6.92 Å². The number of hydrogen-bond donors (Lipinski definition) is 1. The van der Waals surface area contributed by atoms with Crippen molar-refractivity contribution in [1.29, 1.82) is 0 Å². The second-order valence-electron chi connectivity index (χ2n) is 3.81. The van der Waals surface area contributed by atoms with Gasteiger partial charge in [-0.25, -0.2) is 4.68 Å². The zero-order valence-electron chi connectivity index (χ0n) is 9.60. The van der Waals surface area contributed by atoms with Gasteiger partial charge in [0.15, 0.2) is 5.82 Å². The van der Waals surface area contributed by atoms with Crippen molar-refractivity contribution in [2.45, 2.75) is 19.9 Å². The van der Waals surface area contributed by atoms with Gasteiger partial charge in [-0.05, 0) is 35.4 Å². The Bertz CT molecular complexity index is 488. The molecule has 0 unspecified atom stereocenters. The first-order valence-corrected chi connectivity index (χ1v) is 5.41. The average Bonchev–Trinajstić information content (AvgIpc) is 2.74. The first-order chi connectivity index (χ1) is 8.24. The van der Waals surface area contributed by atoms with Gasteiger partial charge >= 0.3 is 0 Å². The molecule has 0 aliphatic carbocycles. The van der Waals surface area contributed by atoms with Gasteiger partial charge in [0.25, 0.3) is 0 Å². The van der Waals surface area contributed by atoms with Crippen LogP contribution in [0.5, 0.6) is 0 Å². The van der Waals surface area contributed by atoms with Crippen molar-refractivity contribution in [3.63, 3.8) is 0 Å². The SMILES string of the molecule is Cc1cccc(N)c1-c1nnnn1CCCF. The van der Waals surface area contributed by atoms with Crippen LogP contribution in [0.15, 0.2) is 18.2 Å². The number of nitrogens with zero attached hydrogens (tertiary/aromatic N) is 4. The molecule has 0 saturated heterocycles. The number of aryl methyl sites for hydroxylation is 2. The Labute approximate surface area is 98.4 Å². The van der Waals surface area contributed by atoms with E-state index in [4.69, 9.17) is 5.73 Å². The van der Waals surface area contributed by atoms with Crippen LogP contribution >= 0.6 is 0 Å². The van der Waals surface area contributed by atoms with E-state index in [1.165, 1.54) is 0 Å². The lowest BCUT2D eigenvalue weighted by molar-refractivity contribution is 0.432. The van der Waals surface area contributed by atoms with Gasteiger partial charge in [-0.15, -0.1) is 5.10 Å². The minimum absolute atomic E-state index is 0.386. The number of benzene rings is 1. The van der Waals surface area contributed by atoms with Crippen LogP contribution in [0.1, 0.15) is 12.0 Å². The van der Waals surface area contributed by atoms with E-state index in [-0.39, 0.29) is 6.67 Å². The molecule has 0 spiro atoms. The molecule has 0 bridgehead atoms. The minimum Gasteiger partial charge on any atom is -0.398 e. The van der Waals surface area contributed by atoms with Gasteiger partial charge in [-0.3, -0.25) is 4.39 Å². The van der Waals surface area contributed by atoms with Crippen molar-refractivity contribution in [2.24, 2.45) is 0 Å². The van der Waals surface area contributed by atoms with Crippen LogP contribution in [-0.2, 0) is 6.54 Å². The molecular formula is C11H14FN5. The summed E-state index contributed by atoms with van der Waals surface area (Å²) in [6, 6.07) is 5.63. The maximum absolute atomic E-state index is 12.2. The van der Waals surface area contributed by atoms with Crippen molar-refractivity contribution in [3.05, 3.63) is 23.8 Å². The first kappa shape index (κ1) is 11.5. The lowest BCUT2D eigenvalue weighted by Gasteiger charge is -2.08. The number of alkyl halides is 1. The van der Waals surface area contributed by atoms with Crippen LogP contribution in [0.2, 0.25) is 0 Å². The summed E-state index contributed by atoms with van der Waals surface area (Å²) in [5, 5.41) is 11.4. The molecule has 0 saturated carbocycles. The van der Waals surface area contributed by atoms with E-state index in [1.54, 1.807) is 10.7 Å². The van der Waals surface area contributed by atoms with Gasteiger partial charge in [-0.2, -0.15) is 0 Å². The molecule has 17 heavy (non-hydrogen) atoms. The standard InChI is InChI=1S/C11H14FN5/c1-8-4-2-5-9(13)10(8)11-14-15-16-17(11)7-3-6-12/h2,4-5H,3,6-7,13H2,1H3. The summed E-state index contributed by atoms with van der Waals surface area (Å²) in [4.78, 5) is 0. The van der Waals surface area contributed by atoms with Gasteiger partial charge in [0, 0.05) is 17.8 Å². The molecule has 0 aliphatic heterocycles. The molecular weight excluding hydrogens is 221 g/mol. The third-order valence-electron chi connectivity index (χ3n) is 2.56. The highest BCUT2D eigenvalue weighted by Gasteiger charge is 2.13. The fourth-order valence-corrected chi connectivity index (χ4v) is 1.74. The van der Waals surface area contributed by atoms with Crippen LogP contribution in [-0.4, -0.2) is 26.9 Å². The number of tetrazole rings is 1. The third-order valence-corrected chi connectivity index (χ3v) is 2.56. The van der Waals surface area contributed by atoms with Crippen LogP contribution in [0.25, 0.3) is 11.4 Å². The van der Waals surface area contributed by atoms with E-state index in [1.807, 2.05) is 19.1 Å². The van der Waals surface area contributed by atoms with Crippen LogP contribution < -0.4 is 5.73 Å². The molecule has 1 aromatic carbocycles. The van der Waals surface area contributed by atoms with Crippen molar-refractivity contribution in [1.82, 2.24) is 20.2 Å². The maximum atomic E-state index is 12.2. The predicted octanol–water partition coefficient (Wildman–Crippen LogP) is 1.59. The molecule has 0 fully saturated rings. The second kappa shape index (κ2) is 4.90. The van der Waals surface area contributed by atoms with Crippen LogP contribution in [0.3, 0.4) is 0 Å². The lowest BCUT2D eigenvalue weighted by atomic mass is 10.1. The summed E-state index contributed by atoms with van der Waals surface area (Å²) in [5.41, 5.74) is 8.37. The number of anilines is 1. The van der Waals surface area contributed by atoms with Crippen molar-refractivity contribution < 1.29 is 4.39 Å². The van der Waals surface area contributed by atoms with E-state index < -0.39 is 0 Å². The molecule has 2 N–H and O–H groups in total. The van der Waals surface area contributed by atoms with E-state index in [2.05, 4.69) is 15.5 Å². The van der Waals surface area contributed by atoms with Crippen molar-refractivity contribution in [2.75, 3.05) is 12.4 Å². The number of rotatable bonds is 4. The topological polar surface area (TPSA) is 69.6 Å². The fraction of sp³-hybridized carbons (Fsp3) is 0.364. The number of aromatic nitrogens is 4. The Morgan fingerprint density at radius 1 is 1.41 bits per heavy atom. The summed E-state index contributed by atoms with van der Waals surface area (Å²) in [7, 11) is 0. The third kappa shape index (κ3) is 2.25. The lowest BCUT2D eigenvalue weighted by Crippen LogP contribution is -2.06. The number of hydrogen-bond acceptors (Lipinski definition) is 4. The molecule has 2 rings (SSSR count). The maximum Gasteiger partial charge on any atom is 0.184 e. The predicted molar refractivity (Wildman–Crippen MR) is 63.0 cm³/mol. The summed E-state index contributed by atoms with van der Waals surface area (Å²) in [5.74, 6) is 0.592. The van der Waals surface area contributed by atoms with Crippen LogP contribution in [0.4, 0.5) is 10.1 Å². The molecule has 1 heterocycles. The van der Waals surface area contributed by atoms with E-state index in [0.29, 0.717) is 24.5 Å². The monoisotopic (exact) mass is 235 g/mol. The molecule has 2 aromatic rings. The quantitative estimate of drug-likeness (QED) is 0.817. The van der Waals surface area contributed by atoms with Crippen molar-refractivity contribution in [3.8, 4) is 11.4 Å². The summed E-state index contributed by atoms with van der Waals surface area (Å²) in [6.45, 7) is 2.01. The fourth-order valence-electron chi connectivity index (χ4n) is 1.74. The number of nitrogen functional groups attached to an aromatic ring is 1. The van der Waals surface area contributed by atoms with Gasteiger partial charge in [0.1, 0.15) is 0 Å². The molecule has 90 valence electrons. The Hall–Kier alpha value is -1.98. The van der Waals surface area contributed by atoms with Gasteiger partial charge in [0.05, 0.1) is 6.67 Å². The molecule has 0 aliphatic rings. The highest BCUT2D eigenvalue weighted by atomic mass is 19.1. The van der Waals surface area contributed by atoms with Gasteiger partial charge in [0.2, 0.25) is 0 Å². The molecule has 0 atom stereocenters. The smallest absolute Gasteiger partial charge is 0.184 e. The Balaban J connectivity index is 2.43. The summed E-state index contributed by atoms with van der Waals surface area (Å²) < 4.78 is 13.8. The normalized spacial score (nSPS) is 10.7. The highest BCUT2D eigenvalue weighted by Crippen LogP contribution is 2.26. The molecule has 0 amide bonds. The van der Waals surface area contributed by atoms with Gasteiger partial charge in [-0.1, -0.05) is 12.1 Å². The van der Waals surface area contributed by atoms with E-state index >= 15 is 0 Å². The Kier molecular flexibility index (Phi) is 3.32. The number of nitrogens with two attached hydrogens (primary N) is 1. The molecule has 1 aromatic heterocycles. The summed E-state index contributed by atoms with van der Waals surface area (Å²) >= 11 is 0. The Morgan fingerprint density at radius 3 is 2.94 bits per heavy atom. The summed E-state index contributed by atoms with van der Waals surface area (Å²) in [6.07, 6.45) is 0.393. The van der Waals surface area contributed by atoms with E-state index in [9.17, 15) is 4.39 Å². The zero-order chi connectivity index (χ0) is 12.3. The van der Waals surface area contributed by atoms with Crippen molar-refractivity contribution >= 4 is 5.69 Å². The molecule has 6 heteroatoms.